The molecule has 0 fully saturated rings. The van der Waals surface area contributed by atoms with Crippen LogP contribution >= 0.6 is 34.8 Å². The van der Waals surface area contributed by atoms with Crippen LogP contribution in [0.3, 0.4) is 0 Å². The van der Waals surface area contributed by atoms with E-state index in [0.717, 1.165) is 12.8 Å². The molecule has 0 aliphatic rings. The van der Waals surface area contributed by atoms with E-state index in [1.54, 1.807) is 6.07 Å². The zero-order valence-electron chi connectivity index (χ0n) is 8.47. The van der Waals surface area contributed by atoms with Crippen LogP contribution in [0.15, 0.2) is 24.3 Å². The second-order valence-electron chi connectivity index (χ2n) is 3.20. The SMILES string of the molecule is CCCCOc1ccccc1C(Cl)(Cl)Cl. The predicted octanol–water partition coefficient (Wildman–Crippen LogP) is 4.69. The van der Waals surface area contributed by atoms with Gasteiger partial charge in [0, 0.05) is 5.56 Å². The van der Waals surface area contributed by atoms with Crippen LogP contribution in [0, 0.1) is 0 Å². The summed E-state index contributed by atoms with van der Waals surface area (Å²) in [5.74, 6) is 0.644. The van der Waals surface area contributed by atoms with Gasteiger partial charge in [-0.15, -0.1) is 0 Å². The molecule has 0 spiro atoms. The molecule has 84 valence electrons. The molecule has 1 aromatic carbocycles. The summed E-state index contributed by atoms with van der Waals surface area (Å²) in [6.45, 7) is 2.75. The molecule has 0 saturated carbocycles. The number of unbranched alkanes of at least 4 members (excludes halogenated alkanes) is 1. The van der Waals surface area contributed by atoms with Crippen LogP contribution in [-0.4, -0.2) is 6.61 Å². The van der Waals surface area contributed by atoms with Crippen molar-refractivity contribution in [3.8, 4) is 5.75 Å². The maximum Gasteiger partial charge on any atom is 0.219 e. The summed E-state index contributed by atoms with van der Waals surface area (Å²) in [6, 6.07) is 7.26. The fraction of sp³-hybridized carbons (Fsp3) is 0.455. The molecule has 1 nitrogen and oxygen atoms in total. The molecule has 0 aromatic heterocycles. The predicted molar refractivity (Wildman–Crippen MR) is 66.1 cm³/mol. The molecule has 1 aromatic rings. The molecule has 1 rings (SSSR count). The molecule has 0 saturated heterocycles. The van der Waals surface area contributed by atoms with Crippen LogP contribution < -0.4 is 4.74 Å². The number of hydrogen-bond acceptors (Lipinski definition) is 1. The smallest absolute Gasteiger partial charge is 0.219 e. The molecule has 15 heavy (non-hydrogen) atoms. The number of rotatable bonds is 4. The van der Waals surface area contributed by atoms with E-state index in [2.05, 4.69) is 6.92 Å². The summed E-state index contributed by atoms with van der Waals surface area (Å²) in [5.41, 5.74) is 0.589. The minimum absolute atomic E-state index is 0.589. The molecular weight excluding hydrogens is 254 g/mol. The highest BCUT2D eigenvalue weighted by Crippen LogP contribution is 2.42. The van der Waals surface area contributed by atoms with Crippen molar-refractivity contribution in [2.75, 3.05) is 6.61 Å². The lowest BCUT2D eigenvalue weighted by Crippen LogP contribution is -2.06. The third-order valence-corrected chi connectivity index (χ3v) is 2.56. The molecule has 0 atom stereocenters. The summed E-state index contributed by atoms with van der Waals surface area (Å²) in [5, 5.41) is 0. The Kier molecular flexibility index (Phi) is 5.04. The lowest BCUT2D eigenvalue weighted by atomic mass is 10.2. The number of ether oxygens (including phenoxy) is 1. The Labute approximate surface area is 105 Å². The van der Waals surface area contributed by atoms with Gasteiger partial charge in [-0.05, 0) is 12.5 Å². The maximum absolute atomic E-state index is 5.83. The van der Waals surface area contributed by atoms with Crippen molar-refractivity contribution in [1.29, 1.82) is 0 Å². The number of hydrogen-bond donors (Lipinski definition) is 0. The van der Waals surface area contributed by atoms with E-state index in [0.29, 0.717) is 17.9 Å². The summed E-state index contributed by atoms with van der Waals surface area (Å²) < 4.78 is 4.12. The first-order valence-corrected chi connectivity index (χ1v) is 5.98. The third-order valence-electron chi connectivity index (χ3n) is 1.95. The number of halogens is 3. The Hall–Kier alpha value is -0.110. The van der Waals surface area contributed by atoms with Crippen molar-refractivity contribution >= 4 is 34.8 Å². The zero-order chi connectivity index (χ0) is 11.3. The fourth-order valence-electron chi connectivity index (χ4n) is 1.15. The van der Waals surface area contributed by atoms with Crippen molar-refractivity contribution in [3.63, 3.8) is 0 Å². The lowest BCUT2D eigenvalue weighted by Gasteiger charge is -2.16. The van der Waals surface area contributed by atoms with Crippen LogP contribution in [0.2, 0.25) is 0 Å². The monoisotopic (exact) mass is 266 g/mol. The average molecular weight is 268 g/mol. The summed E-state index contributed by atoms with van der Waals surface area (Å²) >= 11 is 17.5. The quantitative estimate of drug-likeness (QED) is 0.568. The zero-order valence-corrected chi connectivity index (χ0v) is 10.7. The van der Waals surface area contributed by atoms with Crippen LogP contribution in [0.25, 0.3) is 0 Å². The molecular formula is C11H13Cl3O. The Balaban J connectivity index is 2.78. The second kappa shape index (κ2) is 5.83. The molecule has 0 aliphatic carbocycles. The Bertz CT molecular complexity index is 307. The first-order chi connectivity index (χ1) is 7.05. The first-order valence-electron chi connectivity index (χ1n) is 4.84. The highest BCUT2D eigenvalue weighted by Gasteiger charge is 2.26. The number of alkyl halides is 3. The van der Waals surface area contributed by atoms with E-state index in [1.807, 2.05) is 18.2 Å². The largest absolute Gasteiger partial charge is 0.493 e. The molecule has 0 N–H and O–H groups in total. The van der Waals surface area contributed by atoms with E-state index in [-0.39, 0.29) is 0 Å². The van der Waals surface area contributed by atoms with Gasteiger partial charge in [0.2, 0.25) is 3.79 Å². The van der Waals surface area contributed by atoms with E-state index < -0.39 is 3.79 Å². The fourth-order valence-corrected chi connectivity index (χ4v) is 1.62. The maximum atomic E-state index is 5.83. The van der Waals surface area contributed by atoms with Crippen molar-refractivity contribution in [1.82, 2.24) is 0 Å². The molecule has 0 radical (unpaired) electrons. The lowest BCUT2D eigenvalue weighted by molar-refractivity contribution is 0.306. The Morgan fingerprint density at radius 2 is 1.87 bits per heavy atom. The van der Waals surface area contributed by atoms with Crippen LogP contribution in [0.5, 0.6) is 5.75 Å². The number of benzene rings is 1. The highest BCUT2D eigenvalue weighted by atomic mass is 35.6. The van der Waals surface area contributed by atoms with Gasteiger partial charge in [-0.1, -0.05) is 66.3 Å². The van der Waals surface area contributed by atoms with Gasteiger partial charge in [-0.3, -0.25) is 0 Å². The van der Waals surface area contributed by atoms with E-state index in [4.69, 9.17) is 39.5 Å². The summed E-state index contributed by atoms with van der Waals surface area (Å²) in [6.07, 6.45) is 2.07. The minimum atomic E-state index is -1.43. The topological polar surface area (TPSA) is 9.23 Å². The van der Waals surface area contributed by atoms with Gasteiger partial charge < -0.3 is 4.74 Å². The van der Waals surface area contributed by atoms with Gasteiger partial charge in [-0.25, -0.2) is 0 Å². The Morgan fingerprint density at radius 1 is 1.20 bits per heavy atom. The Morgan fingerprint density at radius 3 is 2.47 bits per heavy atom. The van der Waals surface area contributed by atoms with Gasteiger partial charge >= 0.3 is 0 Å². The standard InChI is InChI=1S/C11H13Cl3O/c1-2-3-8-15-10-7-5-4-6-9(10)11(12,13)14/h4-7H,2-3,8H2,1H3. The van der Waals surface area contributed by atoms with Gasteiger partial charge in [0.15, 0.2) is 0 Å². The van der Waals surface area contributed by atoms with Crippen molar-refractivity contribution < 1.29 is 4.74 Å². The molecule has 0 aliphatic heterocycles. The molecule has 0 heterocycles. The third kappa shape index (κ3) is 4.10. The van der Waals surface area contributed by atoms with Crippen LogP contribution in [0.4, 0.5) is 0 Å². The normalized spacial score (nSPS) is 11.5. The second-order valence-corrected chi connectivity index (χ2v) is 5.48. The average Bonchev–Trinajstić information content (AvgIpc) is 2.17. The van der Waals surface area contributed by atoms with Crippen molar-refractivity contribution in [2.24, 2.45) is 0 Å². The van der Waals surface area contributed by atoms with E-state index >= 15 is 0 Å². The van der Waals surface area contributed by atoms with Gasteiger partial charge in [-0.2, -0.15) is 0 Å². The molecule has 4 heteroatoms. The molecule has 0 unspecified atom stereocenters. The molecule has 0 amide bonds. The van der Waals surface area contributed by atoms with E-state index in [1.165, 1.54) is 0 Å². The first kappa shape index (κ1) is 13.0. The summed E-state index contributed by atoms with van der Waals surface area (Å²) in [7, 11) is 0. The van der Waals surface area contributed by atoms with E-state index in [9.17, 15) is 0 Å². The summed E-state index contributed by atoms with van der Waals surface area (Å²) in [4.78, 5) is 0. The van der Waals surface area contributed by atoms with Crippen LogP contribution in [-0.2, 0) is 3.79 Å². The van der Waals surface area contributed by atoms with Gasteiger partial charge in [0.05, 0.1) is 6.61 Å². The molecule has 0 bridgehead atoms. The van der Waals surface area contributed by atoms with Gasteiger partial charge in [0.1, 0.15) is 5.75 Å². The van der Waals surface area contributed by atoms with Crippen molar-refractivity contribution in [3.05, 3.63) is 29.8 Å². The number of para-hydroxylation sites is 1. The van der Waals surface area contributed by atoms with Crippen molar-refractivity contribution in [2.45, 2.75) is 23.6 Å². The van der Waals surface area contributed by atoms with Crippen LogP contribution in [0.1, 0.15) is 25.3 Å². The van der Waals surface area contributed by atoms with Gasteiger partial charge in [0.25, 0.3) is 0 Å². The minimum Gasteiger partial charge on any atom is -0.493 e. The highest BCUT2D eigenvalue weighted by molar-refractivity contribution is 6.66.